The number of carboxylic acid groups (broad SMARTS) is 1. The van der Waals surface area contributed by atoms with Gasteiger partial charge in [-0.05, 0) is 37.3 Å². The van der Waals surface area contributed by atoms with Crippen LogP contribution in [0.2, 0.25) is 0 Å². The molecule has 0 aliphatic carbocycles. The van der Waals surface area contributed by atoms with E-state index >= 15 is 0 Å². The third-order valence-electron chi connectivity index (χ3n) is 6.55. The van der Waals surface area contributed by atoms with Crippen molar-refractivity contribution in [2.45, 2.75) is 54.9 Å². The molecule has 3 N–H and O–H groups in total. The summed E-state index contributed by atoms with van der Waals surface area (Å²) in [6, 6.07) is 13.0. The number of thioether (sulfide) groups is 1. The Labute approximate surface area is 212 Å². The predicted molar refractivity (Wildman–Crippen MR) is 141 cm³/mol. The van der Waals surface area contributed by atoms with Crippen LogP contribution in [0.3, 0.4) is 0 Å². The van der Waals surface area contributed by atoms with Gasteiger partial charge in [-0.1, -0.05) is 44.9 Å². The van der Waals surface area contributed by atoms with E-state index in [1.165, 1.54) is 17.8 Å². The summed E-state index contributed by atoms with van der Waals surface area (Å²) in [4.78, 5) is 13.8. The van der Waals surface area contributed by atoms with Gasteiger partial charge in [-0.25, -0.2) is 4.79 Å². The second-order valence-corrected chi connectivity index (χ2v) is 11.4. The van der Waals surface area contributed by atoms with Crippen LogP contribution in [0, 0.1) is 0 Å². The molecule has 3 rings (SSSR count). The Hall–Kier alpha value is -2.24. The molecular formula is C25H33FN2O5S2. The lowest BCUT2D eigenvalue weighted by molar-refractivity contribution is -0.134. The number of aliphatic carboxylic acids is 1. The van der Waals surface area contributed by atoms with Crippen molar-refractivity contribution in [2.75, 3.05) is 24.7 Å². The van der Waals surface area contributed by atoms with Crippen molar-refractivity contribution >= 4 is 39.9 Å². The Morgan fingerprint density at radius 3 is 2.51 bits per heavy atom. The maximum atomic E-state index is 13.6. The van der Waals surface area contributed by atoms with Gasteiger partial charge in [0.25, 0.3) is 0 Å². The average molecular weight is 525 g/mol. The van der Waals surface area contributed by atoms with Crippen LogP contribution >= 0.6 is 22.5 Å². The number of para-hydroxylation sites is 1. The standard InChI is InChI=1S/C25H33FN2O5S2/c1-5-7-13-25(6-2)17-28(18-11-9-8-10-12-18)20-14-22(34-4)21(33-16-19(26)24(29)30)15-23(20)35(31,32)27(25)3/h8-12,14-16,31-32H,5-7,13,17H2,1-4H3,(H,29,30). The maximum Gasteiger partial charge on any atom is 0.368 e. The third-order valence-corrected chi connectivity index (χ3v) is 9.38. The molecule has 7 nitrogen and oxygen atoms in total. The molecule has 1 unspecified atom stereocenters. The summed E-state index contributed by atoms with van der Waals surface area (Å²) in [6.07, 6.45) is 5.70. The first-order valence-corrected chi connectivity index (χ1v) is 14.2. The van der Waals surface area contributed by atoms with Crippen LogP contribution in [0.4, 0.5) is 15.8 Å². The number of carbonyl (C=O) groups is 1. The summed E-state index contributed by atoms with van der Waals surface area (Å²) >= 11 is 1.33. The van der Waals surface area contributed by atoms with Crippen LogP contribution in [0.1, 0.15) is 39.5 Å². The highest BCUT2D eigenvalue weighted by Crippen LogP contribution is 2.62. The molecule has 0 bridgehead atoms. The third kappa shape index (κ3) is 5.46. The maximum absolute atomic E-state index is 13.6. The van der Waals surface area contributed by atoms with E-state index in [0.29, 0.717) is 29.8 Å². The summed E-state index contributed by atoms with van der Waals surface area (Å²) in [5.74, 6) is -3.05. The molecule has 0 spiro atoms. The van der Waals surface area contributed by atoms with Crippen LogP contribution in [-0.4, -0.2) is 49.9 Å². The lowest BCUT2D eigenvalue weighted by Crippen LogP contribution is -2.52. The molecule has 10 heteroatoms. The highest BCUT2D eigenvalue weighted by molar-refractivity contribution is 8.22. The van der Waals surface area contributed by atoms with Gasteiger partial charge in [-0.15, -0.1) is 22.5 Å². The van der Waals surface area contributed by atoms with E-state index in [0.717, 1.165) is 24.9 Å². The second-order valence-electron chi connectivity index (χ2n) is 8.48. The second kappa shape index (κ2) is 11.2. The summed E-state index contributed by atoms with van der Waals surface area (Å²) in [5.41, 5.74) is 1.000. The molecule has 2 aromatic rings. The molecule has 0 saturated carbocycles. The van der Waals surface area contributed by atoms with E-state index in [-0.39, 0.29) is 10.6 Å². The zero-order valence-corrected chi connectivity index (χ0v) is 22.0. The van der Waals surface area contributed by atoms with Crippen LogP contribution < -0.4 is 9.64 Å². The Morgan fingerprint density at radius 1 is 1.26 bits per heavy atom. The van der Waals surface area contributed by atoms with Gasteiger partial charge in [0.15, 0.2) is 0 Å². The number of fused-ring (bicyclic) bond motifs is 1. The number of hydrogen-bond acceptors (Lipinski definition) is 7. The van der Waals surface area contributed by atoms with Crippen molar-refractivity contribution in [1.29, 1.82) is 0 Å². The molecule has 1 atom stereocenters. The Kier molecular flexibility index (Phi) is 8.76. The molecule has 2 aromatic carbocycles. The number of benzene rings is 2. The number of rotatable bonds is 9. The molecule has 1 aliphatic heterocycles. The van der Waals surface area contributed by atoms with Gasteiger partial charge in [0.05, 0.1) is 16.1 Å². The van der Waals surface area contributed by atoms with Gasteiger partial charge in [0.2, 0.25) is 5.83 Å². The molecule has 0 aromatic heterocycles. The largest absolute Gasteiger partial charge is 0.476 e. The normalized spacial score (nSPS) is 21.2. The number of likely N-dealkylation sites (N-methyl/N-ethyl adjacent to an activating group) is 1. The number of ether oxygens (including phenoxy) is 1. The highest BCUT2D eigenvalue weighted by Gasteiger charge is 2.46. The van der Waals surface area contributed by atoms with Crippen molar-refractivity contribution in [3.8, 4) is 5.75 Å². The Balaban J connectivity index is 2.27. The molecule has 1 aliphatic rings. The summed E-state index contributed by atoms with van der Waals surface area (Å²) < 4.78 is 44.0. The van der Waals surface area contributed by atoms with Gasteiger partial charge in [0, 0.05) is 25.3 Å². The minimum atomic E-state index is -3.48. The molecule has 0 fully saturated rings. The topological polar surface area (TPSA) is 93.5 Å². The van der Waals surface area contributed by atoms with Crippen molar-refractivity contribution in [2.24, 2.45) is 0 Å². The molecule has 0 saturated heterocycles. The van der Waals surface area contributed by atoms with E-state index in [2.05, 4.69) is 18.7 Å². The van der Waals surface area contributed by atoms with Gasteiger partial charge in [-0.3, -0.25) is 9.11 Å². The minimum absolute atomic E-state index is 0.145. The summed E-state index contributed by atoms with van der Waals surface area (Å²) in [6.45, 7) is 4.70. The van der Waals surface area contributed by atoms with Crippen molar-refractivity contribution < 1.29 is 28.1 Å². The summed E-state index contributed by atoms with van der Waals surface area (Å²) in [5, 5.41) is 8.83. The van der Waals surface area contributed by atoms with E-state index < -0.39 is 28.1 Å². The van der Waals surface area contributed by atoms with Gasteiger partial charge >= 0.3 is 5.97 Å². The zero-order chi connectivity index (χ0) is 25.8. The van der Waals surface area contributed by atoms with E-state index in [4.69, 9.17) is 9.84 Å². The Morgan fingerprint density at radius 2 is 1.94 bits per heavy atom. The monoisotopic (exact) mass is 524 g/mol. The van der Waals surface area contributed by atoms with E-state index in [1.54, 1.807) is 17.4 Å². The molecule has 192 valence electrons. The lowest BCUT2D eigenvalue weighted by atomic mass is 9.88. The average Bonchev–Trinajstić information content (AvgIpc) is 2.93. The van der Waals surface area contributed by atoms with Crippen molar-refractivity contribution in [3.63, 3.8) is 0 Å². The first-order chi connectivity index (χ1) is 16.6. The molecule has 35 heavy (non-hydrogen) atoms. The minimum Gasteiger partial charge on any atom is -0.476 e. The predicted octanol–water partition coefficient (Wildman–Crippen LogP) is 7.13. The molecule has 0 amide bonds. The quantitative estimate of drug-likeness (QED) is 0.181. The van der Waals surface area contributed by atoms with E-state index in [9.17, 15) is 18.3 Å². The van der Waals surface area contributed by atoms with Crippen molar-refractivity contribution in [1.82, 2.24) is 4.31 Å². The fourth-order valence-corrected chi connectivity index (χ4v) is 6.73. The van der Waals surface area contributed by atoms with Gasteiger partial charge < -0.3 is 14.7 Å². The van der Waals surface area contributed by atoms with Crippen LogP contribution in [0.15, 0.2) is 64.3 Å². The van der Waals surface area contributed by atoms with Crippen LogP contribution in [0.5, 0.6) is 5.75 Å². The van der Waals surface area contributed by atoms with Gasteiger partial charge in [0.1, 0.15) is 16.9 Å². The van der Waals surface area contributed by atoms with Crippen molar-refractivity contribution in [3.05, 3.63) is 54.6 Å². The van der Waals surface area contributed by atoms with Gasteiger partial charge in [-0.2, -0.15) is 8.70 Å². The number of halogens is 1. The zero-order valence-electron chi connectivity index (χ0n) is 20.4. The lowest BCUT2D eigenvalue weighted by Gasteiger charge is -2.50. The number of hydrogen-bond donors (Lipinski definition) is 3. The number of unbranched alkanes of at least 4 members (excludes halogenated alkanes) is 1. The highest BCUT2D eigenvalue weighted by atomic mass is 32.3. The Bertz CT molecular complexity index is 1080. The molecular weight excluding hydrogens is 491 g/mol. The van der Waals surface area contributed by atoms with Crippen LogP contribution in [-0.2, 0) is 4.79 Å². The van der Waals surface area contributed by atoms with Crippen LogP contribution in [0.25, 0.3) is 0 Å². The fraction of sp³-hybridized carbons (Fsp3) is 0.400. The smallest absolute Gasteiger partial charge is 0.368 e. The molecule has 0 radical (unpaired) electrons. The number of carboxylic acids is 1. The SMILES string of the molecule is CCCCC1(CC)CN(c2ccccc2)c2cc(SC)c(OC=C(F)C(=O)O)cc2S(O)(O)N1C. The number of anilines is 2. The first kappa shape index (κ1) is 27.3. The summed E-state index contributed by atoms with van der Waals surface area (Å²) in [7, 11) is -1.74. The number of nitrogens with zero attached hydrogens (tertiary/aromatic N) is 2. The molecule has 1 heterocycles. The fourth-order valence-electron chi connectivity index (χ4n) is 4.37. The first-order valence-electron chi connectivity index (χ1n) is 11.4. The van der Waals surface area contributed by atoms with E-state index in [1.807, 2.05) is 36.6 Å².